The molecule has 0 heterocycles. The third-order valence-electron chi connectivity index (χ3n) is 1.11. The fraction of sp³-hybridized carbons (Fsp3) is 1.00. The van der Waals surface area contributed by atoms with Gasteiger partial charge < -0.3 is 14.6 Å². The fourth-order valence-corrected chi connectivity index (χ4v) is 0.473. The van der Waals surface area contributed by atoms with Gasteiger partial charge in [-0.1, -0.05) is 0 Å². The van der Waals surface area contributed by atoms with Crippen LogP contribution in [0.15, 0.2) is 0 Å². The summed E-state index contributed by atoms with van der Waals surface area (Å²) in [6.07, 6.45) is -0.275. The van der Waals surface area contributed by atoms with Crippen LogP contribution in [-0.4, -0.2) is 37.6 Å². The van der Waals surface area contributed by atoms with Crippen molar-refractivity contribution in [2.75, 3.05) is 20.3 Å². The monoisotopic (exact) mass is 148 g/mol. The Bertz CT molecular complexity index is 73.3. The van der Waals surface area contributed by atoms with E-state index in [1.165, 1.54) is 0 Å². The average molecular weight is 148 g/mol. The number of aliphatic hydroxyl groups is 1. The van der Waals surface area contributed by atoms with Crippen LogP contribution in [0, 0.1) is 0 Å². The molecule has 0 aromatic rings. The normalized spacial score (nSPS) is 16.8. The minimum atomic E-state index is -0.385. The van der Waals surface area contributed by atoms with Crippen LogP contribution in [0.3, 0.4) is 0 Å². The lowest BCUT2D eigenvalue weighted by Crippen LogP contribution is -2.18. The average Bonchev–Trinajstić information content (AvgIpc) is 1.87. The van der Waals surface area contributed by atoms with Gasteiger partial charge in [0.05, 0.1) is 25.4 Å². The maximum absolute atomic E-state index is 8.77. The largest absolute Gasteiger partial charge is 0.391 e. The van der Waals surface area contributed by atoms with E-state index in [1.54, 1.807) is 14.0 Å². The Labute approximate surface area is 62.0 Å². The summed E-state index contributed by atoms with van der Waals surface area (Å²) in [6, 6.07) is 0. The first kappa shape index (κ1) is 9.88. The second-order valence-electron chi connectivity index (χ2n) is 2.43. The van der Waals surface area contributed by atoms with Gasteiger partial charge in [-0.05, 0) is 13.8 Å². The zero-order valence-corrected chi connectivity index (χ0v) is 6.83. The minimum Gasteiger partial charge on any atom is -0.391 e. The van der Waals surface area contributed by atoms with Gasteiger partial charge in [-0.2, -0.15) is 0 Å². The van der Waals surface area contributed by atoms with Crippen molar-refractivity contribution in [3.8, 4) is 0 Å². The van der Waals surface area contributed by atoms with Crippen LogP contribution in [0.4, 0.5) is 0 Å². The number of rotatable bonds is 5. The summed E-state index contributed by atoms with van der Waals surface area (Å²) >= 11 is 0. The molecule has 3 nitrogen and oxygen atoms in total. The molecule has 0 aromatic heterocycles. The fourth-order valence-electron chi connectivity index (χ4n) is 0.473. The molecule has 0 amide bonds. The standard InChI is InChI=1S/C7H16O3/c1-6(8)4-10-5-7(2)9-3/h6-8H,4-5H2,1-3H3/t6-,7+/m0/s1. The molecule has 0 aliphatic heterocycles. The predicted octanol–water partition coefficient (Wildman–Crippen LogP) is 0.419. The van der Waals surface area contributed by atoms with E-state index in [1.807, 2.05) is 6.92 Å². The van der Waals surface area contributed by atoms with E-state index in [4.69, 9.17) is 14.6 Å². The smallest absolute Gasteiger partial charge is 0.0776 e. The van der Waals surface area contributed by atoms with Crippen LogP contribution in [0.25, 0.3) is 0 Å². The Kier molecular flexibility index (Phi) is 5.58. The lowest BCUT2D eigenvalue weighted by molar-refractivity contribution is -0.0118. The molecule has 0 aromatic carbocycles. The summed E-state index contributed by atoms with van der Waals surface area (Å²) in [7, 11) is 1.64. The summed E-state index contributed by atoms with van der Waals surface area (Å²) < 4.78 is 10.00. The summed E-state index contributed by atoms with van der Waals surface area (Å²) in [5.74, 6) is 0. The highest BCUT2D eigenvalue weighted by Gasteiger charge is 2.00. The van der Waals surface area contributed by atoms with Crippen LogP contribution in [0.2, 0.25) is 0 Å². The van der Waals surface area contributed by atoms with E-state index >= 15 is 0 Å². The van der Waals surface area contributed by atoms with Crippen LogP contribution >= 0.6 is 0 Å². The van der Waals surface area contributed by atoms with Crippen LogP contribution < -0.4 is 0 Å². The Balaban J connectivity index is 3.03. The first-order valence-electron chi connectivity index (χ1n) is 3.45. The van der Waals surface area contributed by atoms with Gasteiger partial charge in [0.25, 0.3) is 0 Å². The van der Waals surface area contributed by atoms with Crippen molar-refractivity contribution in [1.82, 2.24) is 0 Å². The molecule has 62 valence electrons. The van der Waals surface area contributed by atoms with Gasteiger partial charge in [0.15, 0.2) is 0 Å². The first-order chi connectivity index (χ1) is 4.66. The van der Waals surface area contributed by atoms with Crippen LogP contribution in [-0.2, 0) is 9.47 Å². The summed E-state index contributed by atoms with van der Waals surface area (Å²) in [6.45, 7) is 4.54. The molecule has 3 heteroatoms. The molecular weight excluding hydrogens is 132 g/mol. The van der Waals surface area contributed by atoms with E-state index in [0.29, 0.717) is 13.2 Å². The van der Waals surface area contributed by atoms with Crippen molar-refractivity contribution in [1.29, 1.82) is 0 Å². The Morgan fingerprint density at radius 2 is 1.90 bits per heavy atom. The predicted molar refractivity (Wildman–Crippen MR) is 39.0 cm³/mol. The van der Waals surface area contributed by atoms with Crippen molar-refractivity contribution >= 4 is 0 Å². The van der Waals surface area contributed by atoms with E-state index in [2.05, 4.69) is 0 Å². The lowest BCUT2D eigenvalue weighted by Gasteiger charge is -2.10. The van der Waals surface area contributed by atoms with Gasteiger partial charge in [0.1, 0.15) is 0 Å². The van der Waals surface area contributed by atoms with Crippen molar-refractivity contribution in [2.24, 2.45) is 0 Å². The van der Waals surface area contributed by atoms with Gasteiger partial charge in [-0.3, -0.25) is 0 Å². The van der Waals surface area contributed by atoms with Gasteiger partial charge in [0.2, 0.25) is 0 Å². The number of methoxy groups -OCH3 is 1. The molecule has 0 radical (unpaired) electrons. The molecule has 10 heavy (non-hydrogen) atoms. The molecule has 0 aliphatic rings. The highest BCUT2D eigenvalue weighted by molar-refractivity contribution is 4.47. The molecular formula is C7H16O3. The van der Waals surface area contributed by atoms with Crippen molar-refractivity contribution in [3.05, 3.63) is 0 Å². The van der Waals surface area contributed by atoms with Crippen molar-refractivity contribution in [2.45, 2.75) is 26.1 Å². The summed E-state index contributed by atoms with van der Waals surface area (Å²) in [5.41, 5.74) is 0. The van der Waals surface area contributed by atoms with E-state index < -0.39 is 0 Å². The maximum atomic E-state index is 8.77. The molecule has 2 atom stereocenters. The number of hydrogen-bond acceptors (Lipinski definition) is 3. The Hall–Kier alpha value is -0.120. The zero-order chi connectivity index (χ0) is 7.98. The third kappa shape index (κ3) is 6.01. The summed E-state index contributed by atoms with van der Waals surface area (Å²) in [4.78, 5) is 0. The Morgan fingerprint density at radius 3 is 2.30 bits per heavy atom. The molecule has 1 N–H and O–H groups in total. The first-order valence-corrected chi connectivity index (χ1v) is 3.45. The number of ether oxygens (including phenoxy) is 2. The highest BCUT2D eigenvalue weighted by atomic mass is 16.5. The van der Waals surface area contributed by atoms with E-state index in [0.717, 1.165) is 0 Å². The molecule has 0 bridgehead atoms. The van der Waals surface area contributed by atoms with E-state index in [9.17, 15) is 0 Å². The second kappa shape index (κ2) is 5.65. The van der Waals surface area contributed by atoms with Gasteiger partial charge in [0, 0.05) is 7.11 Å². The van der Waals surface area contributed by atoms with Crippen LogP contribution in [0.1, 0.15) is 13.8 Å². The topological polar surface area (TPSA) is 38.7 Å². The molecule has 0 aliphatic carbocycles. The number of aliphatic hydroxyl groups excluding tert-OH is 1. The van der Waals surface area contributed by atoms with Crippen molar-refractivity contribution in [3.63, 3.8) is 0 Å². The van der Waals surface area contributed by atoms with Gasteiger partial charge in [-0.15, -0.1) is 0 Å². The molecule has 0 saturated carbocycles. The molecule has 0 unspecified atom stereocenters. The third-order valence-corrected chi connectivity index (χ3v) is 1.11. The molecule has 0 fully saturated rings. The van der Waals surface area contributed by atoms with Gasteiger partial charge in [-0.25, -0.2) is 0 Å². The summed E-state index contributed by atoms with van der Waals surface area (Å²) in [5, 5.41) is 8.77. The van der Waals surface area contributed by atoms with Crippen molar-refractivity contribution < 1.29 is 14.6 Å². The number of hydrogen-bond donors (Lipinski definition) is 1. The second-order valence-corrected chi connectivity index (χ2v) is 2.43. The highest BCUT2D eigenvalue weighted by Crippen LogP contribution is 1.90. The zero-order valence-electron chi connectivity index (χ0n) is 6.83. The molecule has 0 spiro atoms. The molecule has 0 rings (SSSR count). The molecule has 0 saturated heterocycles. The Morgan fingerprint density at radius 1 is 1.30 bits per heavy atom. The maximum Gasteiger partial charge on any atom is 0.0776 e. The van der Waals surface area contributed by atoms with E-state index in [-0.39, 0.29) is 12.2 Å². The van der Waals surface area contributed by atoms with Gasteiger partial charge >= 0.3 is 0 Å². The minimum absolute atomic E-state index is 0.110. The quantitative estimate of drug-likeness (QED) is 0.614. The lowest BCUT2D eigenvalue weighted by atomic mass is 10.4. The SMILES string of the molecule is CO[C@H](C)COC[C@H](C)O. The van der Waals surface area contributed by atoms with Crippen LogP contribution in [0.5, 0.6) is 0 Å².